The zero-order valence-corrected chi connectivity index (χ0v) is 11.9. The molecule has 0 aromatic carbocycles. The lowest BCUT2D eigenvalue weighted by molar-refractivity contribution is 0.174. The van der Waals surface area contributed by atoms with Crippen molar-refractivity contribution in [3.8, 4) is 0 Å². The first-order valence-corrected chi connectivity index (χ1v) is 7.66. The molecule has 1 N–H and O–H groups in total. The Labute approximate surface area is 107 Å². The van der Waals surface area contributed by atoms with Gasteiger partial charge in [0, 0.05) is 18.6 Å². The van der Waals surface area contributed by atoms with E-state index in [2.05, 4.69) is 31.1 Å². The summed E-state index contributed by atoms with van der Waals surface area (Å²) in [5.41, 5.74) is 0. The molecule has 0 aromatic heterocycles. The molecule has 1 saturated heterocycles. The highest BCUT2D eigenvalue weighted by molar-refractivity contribution is 4.88. The number of hydrogen-bond donors (Lipinski definition) is 1. The minimum atomic E-state index is 0.787. The van der Waals surface area contributed by atoms with Crippen molar-refractivity contribution in [2.24, 2.45) is 11.8 Å². The molecule has 1 aliphatic heterocycles. The van der Waals surface area contributed by atoms with Crippen molar-refractivity contribution in [2.75, 3.05) is 20.1 Å². The molecule has 2 fully saturated rings. The normalized spacial score (nSPS) is 39.7. The molecule has 0 radical (unpaired) electrons. The van der Waals surface area contributed by atoms with Crippen LogP contribution in [0.3, 0.4) is 0 Å². The van der Waals surface area contributed by atoms with Crippen molar-refractivity contribution >= 4 is 0 Å². The van der Waals surface area contributed by atoms with Gasteiger partial charge in [0.15, 0.2) is 0 Å². The summed E-state index contributed by atoms with van der Waals surface area (Å²) < 4.78 is 0. The Hall–Kier alpha value is -0.0800. The Bertz CT molecular complexity index is 229. The molecule has 0 amide bonds. The largest absolute Gasteiger partial charge is 0.312 e. The summed E-state index contributed by atoms with van der Waals surface area (Å²) in [5, 5.41) is 3.85. The van der Waals surface area contributed by atoms with Crippen molar-refractivity contribution in [3.63, 3.8) is 0 Å². The van der Waals surface area contributed by atoms with Gasteiger partial charge in [-0.2, -0.15) is 0 Å². The monoisotopic (exact) mass is 238 g/mol. The van der Waals surface area contributed by atoms with E-state index in [0.717, 1.165) is 23.9 Å². The predicted octanol–water partition coefficient (Wildman–Crippen LogP) is 2.89. The lowest BCUT2D eigenvalue weighted by Crippen LogP contribution is -2.46. The summed E-state index contributed by atoms with van der Waals surface area (Å²) in [6.07, 6.45) is 8.41. The van der Waals surface area contributed by atoms with Gasteiger partial charge in [0.25, 0.3) is 0 Å². The Morgan fingerprint density at radius 3 is 2.65 bits per heavy atom. The predicted molar refractivity (Wildman–Crippen MR) is 74.2 cm³/mol. The molecule has 2 nitrogen and oxygen atoms in total. The van der Waals surface area contributed by atoms with Gasteiger partial charge < -0.3 is 10.2 Å². The fourth-order valence-corrected chi connectivity index (χ4v) is 3.80. The third-order valence-electron chi connectivity index (χ3n) is 5.29. The van der Waals surface area contributed by atoms with Crippen molar-refractivity contribution in [2.45, 2.75) is 64.5 Å². The van der Waals surface area contributed by atoms with Gasteiger partial charge in [-0.05, 0) is 51.1 Å². The highest BCUT2D eigenvalue weighted by atomic mass is 15.2. The molecule has 17 heavy (non-hydrogen) atoms. The number of nitrogens with zero attached hydrogens (tertiary/aromatic N) is 1. The SMILES string of the molecule is CCC1CCC(NCC2CCCCN2C)C1C. The molecule has 2 aliphatic rings. The third kappa shape index (κ3) is 3.23. The zero-order chi connectivity index (χ0) is 12.3. The summed E-state index contributed by atoms with van der Waals surface area (Å²) in [6, 6.07) is 1.58. The summed E-state index contributed by atoms with van der Waals surface area (Å²) in [6.45, 7) is 7.30. The summed E-state index contributed by atoms with van der Waals surface area (Å²) in [7, 11) is 2.29. The van der Waals surface area contributed by atoms with E-state index < -0.39 is 0 Å². The maximum atomic E-state index is 3.85. The molecular formula is C15H30N2. The minimum absolute atomic E-state index is 0.787. The third-order valence-corrected chi connectivity index (χ3v) is 5.29. The molecule has 4 atom stereocenters. The van der Waals surface area contributed by atoms with Gasteiger partial charge >= 0.3 is 0 Å². The first kappa shape index (κ1) is 13.4. The van der Waals surface area contributed by atoms with Crippen LogP contribution in [0.25, 0.3) is 0 Å². The molecule has 100 valence electrons. The average Bonchev–Trinajstić information content (AvgIpc) is 2.69. The maximum absolute atomic E-state index is 3.85. The fourth-order valence-electron chi connectivity index (χ4n) is 3.80. The highest BCUT2D eigenvalue weighted by Gasteiger charge is 2.31. The van der Waals surface area contributed by atoms with Gasteiger partial charge in [-0.3, -0.25) is 0 Å². The summed E-state index contributed by atoms with van der Waals surface area (Å²) >= 11 is 0. The molecule has 2 rings (SSSR count). The van der Waals surface area contributed by atoms with Gasteiger partial charge in [-0.1, -0.05) is 26.7 Å². The van der Waals surface area contributed by atoms with E-state index in [4.69, 9.17) is 0 Å². The van der Waals surface area contributed by atoms with Crippen LogP contribution in [0.4, 0.5) is 0 Å². The lowest BCUT2D eigenvalue weighted by Gasteiger charge is -2.34. The van der Waals surface area contributed by atoms with Crippen molar-refractivity contribution < 1.29 is 0 Å². The molecule has 4 unspecified atom stereocenters. The van der Waals surface area contributed by atoms with Crippen LogP contribution in [-0.4, -0.2) is 37.1 Å². The molecule has 2 heteroatoms. The molecule has 0 spiro atoms. The topological polar surface area (TPSA) is 15.3 Å². The van der Waals surface area contributed by atoms with Crippen LogP contribution < -0.4 is 5.32 Å². The van der Waals surface area contributed by atoms with Crippen molar-refractivity contribution in [1.82, 2.24) is 10.2 Å². The lowest BCUT2D eigenvalue weighted by atomic mass is 9.93. The van der Waals surface area contributed by atoms with Crippen molar-refractivity contribution in [1.29, 1.82) is 0 Å². The van der Waals surface area contributed by atoms with E-state index in [0.29, 0.717) is 0 Å². The maximum Gasteiger partial charge on any atom is 0.0217 e. The quantitative estimate of drug-likeness (QED) is 0.810. The first-order chi connectivity index (χ1) is 8.22. The van der Waals surface area contributed by atoms with Crippen LogP contribution in [0.15, 0.2) is 0 Å². The van der Waals surface area contributed by atoms with E-state index in [1.807, 2.05) is 0 Å². The van der Waals surface area contributed by atoms with Gasteiger partial charge in [0.1, 0.15) is 0 Å². The van der Waals surface area contributed by atoms with Crippen molar-refractivity contribution in [3.05, 3.63) is 0 Å². The summed E-state index contributed by atoms with van der Waals surface area (Å²) in [5.74, 6) is 1.85. The Kier molecular flexibility index (Phi) is 4.87. The van der Waals surface area contributed by atoms with Crippen LogP contribution >= 0.6 is 0 Å². The molecule has 1 heterocycles. The second-order valence-corrected chi connectivity index (χ2v) is 6.25. The summed E-state index contributed by atoms with van der Waals surface area (Å²) in [4.78, 5) is 2.55. The second-order valence-electron chi connectivity index (χ2n) is 6.25. The number of nitrogens with one attached hydrogen (secondary N) is 1. The van der Waals surface area contributed by atoms with Gasteiger partial charge in [-0.15, -0.1) is 0 Å². The van der Waals surface area contributed by atoms with E-state index in [-0.39, 0.29) is 0 Å². The molecule has 1 aliphatic carbocycles. The molecule has 0 aromatic rings. The average molecular weight is 238 g/mol. The van der Waals surface area contributed by atoms with Crippen LogP contribution in [-0.2, 0) is 0 Å². The Morgan fingerprint density at radius 1 is 1.18 bits per heavy atom. The van der Waals surface area contributed by atoms with E-state index in [9.17, 15) is 0 Å². The number of piperidine rings is 1. The fraction of sp³-hybridized carbons (Fsp3) is 1.00. The number of likely N-dealkylation sites (tertiary alicyclic amines) is 1. The van der Waals surface area contributed by atoms with Gasteiger partial charge in [-0.25, -0.2) is 0 Å². The van der Waals surface area contributed by atoms with E-state index >= 15 is 0 Å². The highest BCUT2D eigenvalue weighted by Crippen LogP contribution is 2.33. The van der Waals surface area contributed by atoms with E-state index in [1.165, 1.54) is 51.6 Å². The standard InChI is InChI=1S/C15H30N2/c1-4-13-8-9-15(12(13)2)16-11-14-7-5-6-10-17(14)3/h12-16H,4-11H2,1-3H3. The first-order valence-electron chi connectivity index (χ1n) is 7.66. The van der Waals surface area contributed by atoms with Gasteiger partial charge in [0.2, 0.25) is 0 Å². The molecule has 1 saturated carbocycles. The van der Waals surface area contributed by atoms with Crippen LogP contribution in [0.5, 0.6) is 0 Å². The number of rotatable bonds is 4. The zero-order valence-electron chi connectivity index (χ0n) is 11.9. The Morgan fingerprint density at radius 2 is 2.00 bits per heavy atom. The van der Waals surface area contributed by atoms with Crippen LogP contribution in [0.1, 0.15) is 52.4 Å². The van der Waals surface area contributed by atoms with E-state index in [1.54, 1.807) is 0 Å². The molecular weight excluding hydrogens is 208 g/mol. The minimum Gasteiger partial charge on any atom is -0.312 e. The number of likely N-dealkylation sites (N-methyl/N-ethyl adjacent to an activating group) is 1. The number of hydrogen-bond acceptors (Lipinski definition) is 2. The second kappa shape index (κ2) is 6.19. The van der Waals surface area contributed by atoms with Crippen LogP contribution in [0, 0.1) is 11.8 Å². The Balaban J connectivity index is 1.74. The van der Waals surface area contributed by atoms with Gasteiger partial charge in [0.05, 0.1) is 0 Å². The van der Waals surface area contributed by atoms with Crippen LogP contribution in [0.2, 0.25) is 0 Å². The molecule has 0 bridgehead atoms. The smallest absolute Gasteiger partial charge is 0.0217 e.